The predicted molar refractivity (Wildman–Crippen MR) is 82.8 cm³/mol. The molecular formula is C15H19ClF4N2. The monoisotopic (exact) mass is 338 g/mol. The van der Waals surface area contributed by atoms with Gasteiger partial charge in [-0.15, -0.1) is 0 Å². The molecule has 1 aliphatic rings. The molecule has 0 spiro atoms. The van der Waals surface area contributed by atoms with Crippen molar-refractivity contribution in [3.05, 3.63) is 35.4 Å². The van der Waals surface area contributed by atoms with E-state index in [0.29, 0.717) is 11.3 Å². The third-order valence-electron chi connectivity index (χ3n) is 3.27. The molecule has 2 nitrogen and oxygen atoms in total. The first-order valence-corrected chi connectivity index (χ1v) is 7.23. The second kappa shape index (κ2) is 6.77. The molecule has 1 fully saturated rings. The van der Waals surface area contributed by atoms with Gasteiger partial charge in [0.1, 0.15) is 0 Å². The lowest BCUT2D eigenvalue weighted by atomic mass is 10.1. The molecule has 2 rings (SSSR count). The SMILES string of the molecule is C=C(c1c(Cl)cccc1NC)N1CC(F)(F)C(F)(F)C1.CC. The number of benzene rings is 1. The van der Waals surface area contributed by atoms with Crippen molar-refractivity contribution in [1.29, 1.82) is 0 Å². The number of nitrogens with one attached hydrogen (secondary N) is 1. The van der Waals surface area contributed by atoms with Gasteiger partial charge in [-0.2, -0.15) is 17.6 Å². The first-order valence-electron chi connectivity index (χ1n) is 6.86. The molecular weight excluding hydrogens is 320 g/mol. The molecule has 1 aliphatic heterocycles. The predicted octanol–water partition coefficient (Wildman–Crippen LogP) is 4.96. The summed E-state index contributed by atoms with van der Waals surface area (Å²) in [6.45, 7) is 5.49. The van der Waals surface area contributed by atoms with Crippen molar-refractivity contribution in [3.63, 3.8) is 0 Å². The van der Waals surface area contributed by atoms with Crippen LogP contribution in [0.25, 0.3) is 5.70 Å². The first kappa shape index (κ1) is 18.6. The molecule has 1 aromatic rings. The molecule has 1 N–H and O–H groups in total. The second-order valence-electron chi connectivity index (χ2n) is 4.62. The molecule has 1 heterocycles. The van der Waals surface area contributed by atoms with E-state index in [-0.39, 0.29) is 10.7 Å². The minimum Gasteiger partial charge on any atom is -0.388 e. The molecule has 124 valence electrons. The molecule has 1 aromatic carbocycles. The zero-order valence-corrected chi connectivity index (χ0v) is 13.4. The highest BCUT2D eigenvalue weighted by molar-refractivity contribution is 6.32. The van der Waals surface area contributed by atoms with Crippen LogP contribution in [-0.4, -0.2) is 36.9 Å². The van der Waals surface area contributed by atoms with Gasteiger partial charge in [0.25, 0.3) is 0 Å². The highest BCUT2D eigenvalue weighted by Crippen LogP contribution is 2.44. The lowest BCUT2D eigenvalue weighted by molar-refractivity contribution is -0.172. The summed E-state index contributed by atoms with van der Waals surface area (Å²) >= 11 is 6.02. The number of alkyl halides is 4. The standard InChI is InChI=1S/C13H13ClF4N2.C2H6/c1-8(11-9(14)4-3-5-10(11)19-2)20-6-12(15,16)13(17,18)7-20;1-2/h3-5,19H,1,6-7H2,2H3;1-2H3. The van der Waals surface area contributed by atoms with Crippen LogP contribution in [-0.2, 0) is 0 Å². The number of hydrogen-bond acceptors (Lipinski definition) is 2. The molecule has 0 radical (unpaired) electrons. The van der Waals surface area contributed by atoms with Crippen molar-refractivity contribution in [1.82, 2.24) is 4.90 Å². The van der Waals surface area contributed by atoms with E-state index in [2.05, 4.69) is 11.9 Å². The van der Waals surface area contributed by atoms with Crippen LogP contribution >= 0.6 is 11.6 Å². The van der Waals surface area contributed by atoms with E-state index in [1.807, 2.05) is 13.8 Å². The largest absolute Gasteiger partial charge is 0.388 e. The van der Waals surface area contributed by atoms with E-state index >= 15 is 0 Å². The second-order valence-corrected chi connectivity index (χ2v) is 5.03. The summed E-state index contributed by atoms with van der Waals surface area (Å²) < 4.78 is 53.0. The number of anilines is 1. The molecule has 22 heavy (non-hydrogen) atoms. The van der Waals surface area contributed by atoms with Crippen molar-refractivity contribution < 1.29 is 17.6 Å². The third kappa shape index (κ3) is 3.32. The normalized spacial score (nSPS) is 18.5. The average Bonchev–Trinajstić information content (AvgIpc) is 2.68. The van der Waals surface area contributed by atoms with Crippen LogP contribution in [0, 0.1) is 0 Å². The Balaban J connectivity index is 0.00000116. The summed E-state index contributed by atoms with van der Waals surface area (Å²) in [5.41, 5.74) is 0.947. The summed E-state index contributed by atoms with van der Waals surface area (Å²) in [4.78, 5) is 0.863. The number of nitrogens with zero attached hydrogens (tertiary/aromatic N) is 1. The van der Waals surface area contributed by atoms with Gasteiger partial charge in [0.2, 0.25) is 0 Å². The van der Waals surface area contributed by atoms with Crippen molar-refractivity contribution in [3.8, 4) is 0 Å². The number of halogens is 5. The number of hydrogen-bond donors (Lipinski definition) is 1. The molecule has 0 saturated carbocycles. The van der Waals surface area contributed by atoms with Crippen LogP contribution in [0.3, 0.4) is 0 Å². The maximum Gasteiger partial charge on any atom is 0.329 e. The van der Waals surface area contributed by atoms with Gasteiger partial charge in [-0.1, -0.05) is 38.1 Å². The summed E-state index contributed by atoms with van der Waals surface area (Å²) in [5.74, 6) is -8.14. The van der Waals surface area contributed by atoms with Crippen LogP contribution in [0.2, 0.25) is 5.02 Å². The van der Waals surface area contributed by atoms with E-state index in [1.54, 1.807) is 25.2 Å². The molecule has 0 aromatic heterocycles. The van der Waals surface area contributed by atoms with E-state index < -0.39 is 24.9 Å². The van der Waals surface area contributed by atoms with Crippen LogP contribution < -0.4 is 5.32 Å². The zero-order valence-electron chi connectivity index (χ0n) is 12.7. The third-order valence-corrected chi connectivity index (χ3v) is 3.58. The van der Waals surface area contributed by atoms with Gasteiger partial charge in [-0.05, 0) is 12.1 Å². The van der Waals surface area contributed by atoms with Crippen molar-refractivity contribution >= 4 is 23.0 Å². The highest BCUT2D eigenvalue weighted by Gasteiger charge is 2.63. The van der Waals surface area contributed by atoms with E-state index in [1.165, 1.54) is 0 Å². The van der Waals surface area contributed by atoms with Gasteiger partial charge in [-0.25, -0.2) is 0 Å². The van der Waals surface area contributed by atoms with Crippen LogP contribution in [0.1, 0.15) is 19.4 Å². The van der Waals surface area contributed by atoms with Gasteiger partial charge >= 0.3 is 11.8 Å². The number of likely N-dealkylation sites (tertiary alicyclic amines) is 1. The van der Waals surface area contributed by atoms with Gasteiger partial charge in [-0.3, -0.25) is 0 Å². The average molecular weight is 339 g/mol. The van der Waals surface area contributed by atoms with Crippen molar-refractivity contribution in [2.45, 2.75) is 25.7 Å². The fraction of sp³-hybridized carbons (Fsp3) is 0.467. The molecule has 0 aliphatic carbocycles. The number of rotatable bonds is 3. The van der Waals surface area contributed by atoms with Crippen LogP contribution in [0.5, 0.6) is 0 Å². The molecule has 0 bridgehead atoms. The molecule has 0 unspecified atom stereocenters. The summed E-state index contributed by atoms with van der Waals surface area (Å²) in [7, 11) is 1.62. The van der Waals surface area contributed by atoms with Gasteiger partial charge in [0, 0.05) is 24.0 Å². The fourth-order valence-corrected chi connectivity index (χ4v) is 2.42. The van der Waals surface area contributed by atoms with E-state index in [4.69, 9.17) is 11.6 Å². The molecule has 0 amide bonds. The maximum absolute atomic E-state index is 13.2. The summed E-state index contributed by atoms with van der Waals surface area (Å²) in [6, 6.07) is 4.88. The highest BCUT2D eigenvalue weighted by atomic mass is 35.5. The maximum atomic E-state index is 13.2. The smallest absolute Gasteiger partial charge is 0.329 e. The lowest BCUT2D eigenvalue weighted by Gasteiger charge is -2.23. The Morgan fingerprint density at radius 1 is 1.18 bits per heavy atom. The van der Waals surface area contributed by atoms with Gasteiger partial charge in [0.15, 0.2) is 0 Å². The quantitative estimate of drug-likeness (QED) is 0.783. The van der Waals surface area contributed by atoms with Crippen LogP contribution in [0.4, 0.5) is 23.2 Å². The summed E-state index contributed by atoms with van der Waals surface area (Å²) in [5, 5.41) is 3.10. The zero-order chi connectivity index (χ0) is 17.1. The van der Waals surface area contributed by atoms with E-state index in [9.17, 15) is 17.6 Å². The lowest BCUT2D eigenvalue weighted by Crippen LogP contribution is -2.38. The first-order chi connectivity index (χ1) is 10.2. The minimum atomic E-state index is -4.07. The fourth-order valence-electron chi connectivity index (χ4n) is 2.14. The van der Waals surface area contributed by atoms with Crippen molar-refractivity contribution in [2.24, 2.45) is 0 Å². The topological polar surface area (TPSA) is 15.3 Å². The Morgan fingerprint density at radius 2 is 1.68 bits per heavy atom. The Morgan fingerprint density at radius 3 is 2.14 bits per heavy atom. The molecule has 0 atom stereocenters. The molecule has 7 heteroatoms. The summed E-state index contributed by atoms with van der Waals surface area (Å²) in [6.07, 6.45) is 0. The van der Waals surface area contributed by atoms with Gasteiger partial charge < -0.3 is 10.2 Å². The van der Waals surface area contributed by atoms with Gasteiger partial charge in [0.05, 0.1) is 18.1 Å². The van der Waals surface area contributed by atoms with Crippen LogP contribution in [0.15, 0.2) is 24.8 Å². The van der Waals surface area contributed by atoms with Crippen molar-refractivity contribution in [2.75, 3.05) is 25.5 Å². The Hall–Kier alpha value is -1.43. The Kier molecular flexibility index (Phi) is 5.73. The van der Waals surface area contributed by atoms with E-state index in [0.717, 1.165) is 4.90 Å². The minimum absolute atomic E-state index is 0.0526. The molecule has 1 saturated heterocycles. The Labute approximate surface area is 132 Å². The Bertz CT molecular complexity index is 530.